The lowest BCUT2D eigenvalue weighted by Crippen LogP contribution is -2.40. The molecule has 0 unspecified atom stereocenters. The van der Waals surface area contributed by atoms with E-state index in [-0.39, 0.29) is 40.4 Å². The number of rotatable bonds is 10. The second kappa shape index (κ2) is 13.2. The molecule has 0 N–H and O–H groups in total. The number of ketones is 2. The average molecular weight is 614 g/mol. The highest BCUT2D eigenvalue weighted by Crippen LogP contribution is 2.25. The van der Waals surface area contributed by atoms with Gasteiger partial charge in [0.2, 0.25) is 5.88 Å². The lowest BCUT2D eigenvalue weighted by molar-refractivity contribution is 0.0645. The fourth-order valence-electron chi connectivity index (χ4n) is 4.92. The smallest absolute Gasteiger partial charge is 0.272 e. The van der Waals surface area contributed by atoms with E-state index in [1.165, 1.54) is 24.5 Å². The van der Waals surface area contributed by atoms with Crippen molar-refractivity contribution in [1.29, 1.82) is 0 Å². The number of amides is 1. The van der Waals surface area contributed by atoms with Crippen molar-refractivity contribution in [3.8, 4) is 17.4 Å². The Morgan fingerprint density at radius 3 is 2.05 bits per heavy atom. The van der Waals surface area contributed by atoms with Crippen LogP contribution in [0.3, 0.4) is 0 Å². The topological polar surface area (TPSA) is 133 Å². The minimum Gasteiger partial charge on any atom is -0.497 e. The highest BCUT2D eigenvalue weighted by atomic mass is 32.2. The van der Waals surface area contributed by atoms with Crippen LogP contribution in [0.25, 0.3) is 0 Å². The summed E-state index contributed by atoms with van der Waals surface area (Å²) in [6.07, 6.45) is 5.30. The molecule has 0 bridgehead atoms. The predicted molar refractivity (Wildman–Crippen MR) is 162 cm³/mol. The quantitative estimate of drug-likeness (QED) is 0.230. The number of pyridine rings is 2. The van der Waals surface area contributed by atoms with Gasteiger partial charge in [0.1, 0.15) is 17.2 Å². The number of Topliss-reactive ketones (excluding diaryl/α,β-unsaturated/α-hetero) is 2. The fraction of sp³-hybridized carbons (Fsp3) is 0.242. The Kier molecular flexibility index (Phi) is 9.15. The van der Waals surface area contributed by atoms with Gasteiger partial charge in [-0.3, -0.25) is 19.4 Å². The van der Waals surface area contributed by atoms with Gasteiger partial charge in [0.05, 0.1) is 12.0 Å². The van der Waals surface area contributed by atoms with Crippen LogP contribution < -0.4 is 9.47 Å². The molecule has 2 aromatic carbocycles. The molecule has 10 nitrogen and oxygen atoms in total. The zero-order chi connectivity index (χ0) is 31.3. The van der Waals surface area contributed by atoms with E-state index in [0.29, 0.717) is 60.0 Å². The van der Waals surface area contributed by atoms with Crippen molar-refractivity contribution < 1.29 is 32.3 Å². The third kappa shape index (κ3) is 7.35. The molecular formula is C33H31N3O7S. The molecule has 3 heterocycles. The van der Waals surface area contributed by atoms with Crippen LogP contribution >= 0.6 is 0 Å². The van der Waals surface area contributed by atoms with Gasteiger partial charge in [0.25, 0.3) is 5.91 Å². The van der Waals surface area contributed by atoms with Gasteiger partial charge in [-0.2, -0.15) is 0 Å². The number of aromatic nitrogens is 2. The maximum Gasteiger partial charge on any atom is 0.272 e. The predicted octanol–water partition coefficient (Wildman–Crippen LogP) is 4.84. The molecule has 11 heteroatoms. The number of hydrogen-bond acceptors (Lipinski definition) is 9. The van der Waals surface area contributed by atoms with Crippen LogP contribution in [-0.2, 0) is 16.3 Å². The Hall–Kier alpha value is -4.90. The number of benzene rings is 2. The SMILES string of the molecule is COc1ccc(C(=O)C2CCN(C(=O)c3ccc(C(=O)Cc4ccc(Oc5ccc(S(C)(=O)=O)cc5)nc4)cn3)CC2)cc1. The molecule has 5 rings (SSSR count). The van der Waals surface area contributed by atoms with Gasteiger partial charge >= 0.3 is 0 Å². The molecule has 1 fully saturated rings. The summed E-state index contributed by atoms with van der Waals surface area (Å²) in [5, 5.41) is 0. The van der Waals surface area contributed by atoms with Crippen LogP contribution in [0.4, 0.5) is 0 Å². The number of carbonyl (C=O) groups excluding carboxylic acids is 3. The average Bonchev–Trinajstić information content (AvgIpc) is 3.05. The number of hydrogen-bond donors (Lipinski definition) is 0. The van der Waals surface area contributed by atoms with Crippen LogP contribution in [0.2, 0.25) is 0 Å². The third-order valence-corrected chi connectivity index (χ3v) is 8.60. The fourth-order valence-corrected chi connectivity index (χ4v) is 5.55. The lowest BCUT2D eigenvalue weighted by atomic mass is 9.88. The van der Waals surface area contributed by atoms with Crippen molar-refractivity contribution >= 4 is 27.3 Å². The number of methoxy groups -OCH3 is 1. The van der Waals surface area contributed by atoms with E-state index >= 15 is 0 Å². The van der Waals surface area contributed by atoms with Gasteiger partial charge in [-0.05, 0) is 79.1 Å². The Balaban J connectivity index is 1.12. The molecule has 0 radical (unpaired) electrons. The maximum atomic E-state index is 13.0. The zero-order valence-corrected chi connectivity index (χ0v) is 25.1. The standard InChI is InChI=1S/C33H31N3O7S/c1-42-26-7-4-23(5-8-26)32(38)24-15-17-36(18-16-24)33(39)29-13-6-25(21-34-29)30(37)19-22-3-14-31(35-20-22)43-27-9-11-28(12-10-27)44(2,40)41/h3-14,20-21,24H,15-19H2,1-2H3. The highest BCUT2D eigenvalue weighted by molar-refractivity contribution is 7.90. The van der Waals surface area contributed by atoms with Gasteiger partial charge in [-0.15, -0.1) is 0 Å². The summed E-state index contributed by atoms with van der Waals surface area (Å²) in [4.78, 5) is 49.2. The molecule has 0 aliphatic carbocycles. The van der Waals surface area contributed by atoms with Crippen molar-refractivity contribution in [2.45, 2.75) is 24.2 Å². The van der Waals surface area contributed by atoms with Crippen LogP contribution in [0, 0.1) is 5.92 Å². The first-order chi connectivity index (χ1) is 21.1. The van der Waals surface area contributed by atoms with E-state index in [1.807, 2.05) is 0 Å². The van der Waals surface area contributed by atoms with Crippen LogP contribution in [0.5, 0.6) is 17.4 Å². The minimum absolute atomic E-state index is 0.0688. The second-order valence-electron chi connectivity index (χ2n) is 10.5. The van der Waals surface area contributed by atoms with Gasteiger partial charge in [0, 0.05) is 61.3 Å². The first kappa shape index (κ1) is 30.6. The Bertz CT molecular complexity index is 1750. The molecule has 226 valence electrons. The van der Waals surface area contributed by atoms with E-state index in [0.717, 1.165) is 6.26 Å². The van der Waals surface area contributed by atoms with Gasteiger partial charge in [0.15, 0.2) is 21.4 Å². The van der Waals surface area contributed by atoms with E-state index in [9.17, 15) is 22.8 Å². The number of likely N-dealkylation sites (tertiary alicyclic amines) is 1. The van der Waals surface area contributed by atoms with Crippen molar-refractivity contribution in [3.63, 3.8) is 0 Å². The molecule has 44 heavy (non-hydrogen) atoms. The Morgan fingerprint density at radius 1 is 0.818 bits per heavy atom. The van der Waals surface area contributed by atoms with E-state index in [2.05, 4.69) is 9.97 Å². The lowest BCUT2D eigenvalue weighted by Gasteiger charge is -2.31. The summed E-state index contributed by atoms with van der Waals surface area (Å²) in [5.74, 6) is 0.931. The van der Waals surface area contributed by atoms with E-state index < -0.39 is 9.84 Å². The summed E-state index contributed by atoms with van der Waals surface area (Å²) < 4.78 is 34.0. The zero-order valence-electron chi connectivity index (χ0n) is 24.3. The van der Waals surface area contributed by atoms with Crippen molar-refractivity contribution in [2.75, 3.05) is 26.5 Å². The molecule has 2 aromatic heterocycles. The number of ether oxygens (including phenoxy) is 2. The first-order valence-corrected chi connectivity index (χ1v) is 15.9. The van der Waals surface area contributed by atoms with Crippen molar-refractivity contribution in [2.24, 2.45) is 5.92 Å². The number of piperidine rings is 1. The molecule has 0 spiro atoms. The van der Waals surface area contributed by atoms with E-state index in [1.54, 1.807) is 72.7 Å². The minimum atomic E-state index is -3.30. The third-order valence-electron chi connectivity index (χ3n) is 7.47. The molecule has 1 saturated heterocycles. The molecule has 0 saturated carbocycles. The number of sulfone groups is 1. The maximum absolute atomic E-state index is 13.0. The molecule has 4 aromatic rings. The molecule has 1 aliphatic rings. The summed E-state index contributed by atoms with van der Waals surface area (Å²) in [7, 11) is -1.72. The summed E-state index contributed by atoms with van der Waals surface area (Å²) in [6, 6.07) is 19.6. The first-order valence-electron chi connectivity index (χ1n) is 14.0. The largest absolute Gasteiger partial charge is 0.497 e. The number of nitrogens with zero attached hydrogens (tertiary/aromatic N) is 3. The summed E-state index contributed by atoms with van der Waals surface area (Å²) >= 11 is 0. The number of carbonyl (C=O) groups is 3. The molecule has 0 atom stereocenters. The van der Waals surface area contributed by atoms with Gasteiger partial charge in [-0.1, -0.05) is 6.07 Å². The molecule has 1 aliphatic heterocycles. The van der Waals surface area contributed by atoms with Gasteiger partial charge in [-0.25, -0.2) is 13.4 Å². The van der Waals surface area contributed by atoms with Gasteiger partial charge < -0.3 is 14.4 Å². The normalized spacial score (nSPS) is 13.7. The highest BCUT2D eigenvalue weighted by Gasteiger charge is 2.29. The second-order valence-corrected chi connectivity index (χ2v) is 12.6. The monoisotopic (exact) mass is 613 g/mol. The summed E-state index contributed by atoms with van der Waals surface area (Å²) in [6.45, 7) is 0.902. The van der Waals surface area contributed by atoms with Crippen molar-refractivity contribution in [3.05, 3.63) is 108 Å². The van der Waals surface area contributed by atoms with Crippen molar-refractivity contribution in [1.82, 2.24) is 14.9 Å². The van der Waals surface area contributed by atoms with Crippen LogP contribution in [-0.4, -0.2) is 67.2 Å². The van der Waals surface area contributed by atoms with Crippen LogP contribution in [0.1, 0.15) is 49.6 Å². The summed E-state index contributed by atoms with van der Waals surface area (Å²) in [5.41, 5.74) is 1.92. The molecule has 1 amide bonds. The van der Waals surface area contributed by atoms with Crippen LogP contribution in [0.15, 0.2) is 90.1 Å². The Morgan fingerprint density at radius 2 is 1.48 bits per heavy atom. The Labute approximate surface area is 255 Å². The molecular weight excluding hydrogens is 582 g/mol. The van der Waals surface area contributed by atoms with E-state index in [4.69, 9.17) is 9.47 Å².